The van der Waals surface area contributed by atoms with Crippen molar-refractivity contribution in [3.05, 3.63) is 23.5 Å². The van der Waals surface area contributed by atoms with Crippen LogP contribution < -0.4 is 0 Å². The van der Waals surface area contributed by atoms with Gasteiger partial charge in [0.1, 0.15) is 6.07 Å². The molecule has 0 radical (unpaired) electrons. The van der Waals surface area contributed by atoms with Crippen LogP contribution in [0.4, 0.5) is 0 Å². The zero-order valence-corrected chi connectivity index (χ0v) is 8.74. The molecule has 1 atom stereocenters. The van der Waals surface area contributed by atoms with Crippen LogP contribution in [0.5, 0.6) is 0 Å². The average Bonchev–Trinajstić information content (AvgIpc) is 2.56. The number of hydrogen-bond donors (Lipinski definition) is 0. The van der Waals surface area contributed by atoms with Gasteiger partial charge < -0.3 is 0 Å². The summed E-state index contributed by atoms with van der Waals surface area (Å²) >= 11 is 3.43. The Balaban J connectivity index is 2.64. The highest BCUT2D eigenvalue weighted by atomic mass is 79.9. The first-order chi connectivity index (χ1) is 6.24. The Kier molecular flexibility index (Phi) is 1.97. The van der Waals surface area contributed by atoms with E-state index in [2.05, 4.69) is 40.1 Å². The van der Waals surface area contributed by atoms with Crippen LogP contribution in [0.2, 0.25) is 0 Å². The number of halogens is 1. The van der Waals surface area contributed by atoms with Crippen molar-refractivity contribution in [3.8, 4) is 6.07 Å². The van der Waals surface area contributed by atoms with Crippen LogP contribution in [0.25, 0.3) is 4.48 Å². The summed E-state index contributed by atoms with van der Waals surface area (Å²) in [7, 11) is 0. The number of aromatic nitrogens is 2. The maximum Gasteiger partial charge on any atom is 0.103 e. The average molecular weight is 238 g/mol. The Morgan fingerprint density at radius 2 is 2.54 bits per heavy atom. The zero-order valence-electron chi connectivity index (χ0n) is 7.16. The summed E-state index contributed by atoms with van der Waals surface area (Å²) in [5.41, 5.74) is 1.54. The van der Waals surface area contributed by atoms with E-state index in [1.807, 2.05) is 4.68 Å². The highest BCUT2D eigenvalue weighted by molar-refractivity contribution is 9.15. The summed E-state index contributed by atoms with van der Waals surface area (Å²) in [6.07, 6.45) is 4.66. The Morgan fingerprint density at radius 1 is 1.77 bits per heavy atom. The highest BCUT2D eigenvalue weighted by Gasteiger charge is 2.20. The maximum atomic E-state index is 8.84. The number of fused-ring (bicyclic) bond motifs is 1. The van der Waals surface area contributed by atoms with Crippen molar-refractivity contribution < 1.29 is 0 Å². The fourth-order valence-electron chi connectivity index (χ4n) is 1.49. The third-order valence-electron chi connectivity index (χ3n) is 2.20. The number of allylic oxidation sites excluding steroid dienone is 1. The van der Waals surface area contributed by atoms with Gasteiger partial charge in [0.2, 0.25) is 0 Å². The Morgan fingerprint density at radius 3 is 3.23 bits per heavy atom. The summed E-state index contributed by atoms with van der Waals surface area (Å²) < 4.78 is 2.86. The fourth-order valence-corrected chi connectivity index (χ4v) is 2.07. The number of hydrogen-bond acceptors (Lipinski definition) is 2. The van der Waals surface area contributed by atoms with Gasteiger partial charge >= 0.3 is 0 Å². The molecule has 0 spiro atoms. The first-order valence-corrected chi connectivity index (χ1v) is 4.87. The van der Waals surface area contributed by atoms with Gasteiger partial charge in [-0.3, -0.25) is 4.68 Å². The zero-order chi connectivity index (χ0) is 9.42. The van der Waals surface area contributed by atoms with Gasteiger partial charge in [-0.1, -0.05) is 6.08 Å². The van der Waals surface area contributed by atoms with Crippen molar-refractivity contribution >= 4 is 20.4 Å². The van der Waals surface area contributed by atoms with E-state index in [-0.39, 0.29) is 0 Å². The SMILES string of the molecule is CC1CC=C(Br)c2c(C#N)cnn21. The minimum Gasteiger partial charge on any atom is -0.260 e. The van der Waals surface area contributed by atoms with Crippen LogP contribution in [0.1, 0.15) is 30.6 Å². The molecule has 0 aromatic carbocycles. The molecule has 1 aromatic rings. The summed E-state index contributed by atoms with van der Waals surface area (Å²) in [4.78, 5) is 0. The molecule has 0 saturated heterocycles. The number of nitriles is 1. The second-order valence-electron chi connectivity index (χ2n) is 3.10. The summed E-state index contributed by atoms with van der Waals surface area (Å²) in [6.45, 7) is 2.09. The van der Waals surface area contributed by atoms with Crippen molar-refractivity contribution in [1.82, 2.24) is 9.78 Å². The predicted octanol–water partition coefficient (Wildman–Crippen LogP) is 2.46. The third-order valence-corrected chi connectivity index (χ3v) is 2.90. The van der Waals surface area contributed by atoms with E-state index in [9.17, 15) is 0 Å². The largest absolute Gasteiger partial charge is 0.260 e. The topological polar surface area (TPSA) is 41.6 Å². The van der Waals surface area contributed by atoms with Crippen LogP contribution in [0, 0.1) is 11.3 Å². The van der Waals surface area contributed by atoms with E-state index in [4.69, 9.17) is 5.26 Å². The molecule has 2 rings (SSSR count). The minimum atomic E-state index is 0.346. The molecule has 1 aliphatic rings. The molecule has 1 unspecified atom stereocenters. The molecule has 1 aromatic heterocycles. The predicted molar refractivity (Wildman–Crippen MR) is 53.2 cm³/mol. The van der Waals surface area contributed by atoms with E-state index in [0.717, 1.165) is 16.6 Å². The second-order valence-corrected chi connectivity index (χ2v) is 3.95. The number of rotatable bonds is 0. The normalized spacial score (nSPS) is 20.4. The van der Waals surface area contributed by atoms with Crippen LogP contribution in [0.15, 0.2) is 12.3 Å². The van der Waals surface area contributed by atoms with Crippen molar-refractivity contribution in [1.29, 1.82) is 5.26 Å². The van der Waals surface area contributed by atoms with Gasteiger partial charge in [-0.25, -0.2) is 0 Å². The minimum absolute atomic E-state index is 0.346. The Bertz CT molecular complexity index is 411. The van der Waals surface area contributed by atoms with E-state index >= 15 is 0 Å². The van der Waals surface area contributed by atoms with Gasteiger partial charge in [0.05, 0.1) is 23.5 Å². The maximum absolute atomic E-state index is 8.84. The molecule has 66 valence electrons. The van der Waals surface area contributed by atoms with Crippen molar-refractivity contribution in [2.75, 3.05) is 0 Å². The standard InChI is InChI=1S/C9H8BrN3/c1-6-2-3-8(10)9-7(4-11)5-12-13(6)9/h3,5-6H,2H2,1H3. The smallest absolute Gasteiger partial charge is 0.103 e. The molecule has 0 amide bonds. The molecule has 0 fully saturated rings. The molecule has 1 aliphatic heterocycles. The molecule has 0 bridgehead atoms. The molecule has 2 heterocycles. The molecular formula is C9H8BrN3. The van der Waals surface area contributed by atoms with E-state index in [0.29, 0.717) is 11.6 Å². The Labute approximate surface area is 84.8 Å². The lowest BCUT2D eigenvalue weighted by Crippen LogP contribution is -2.12. The molecule has 13 heavy (non-hydrogen) atoms. The van der Waals surface area contributed by atoms with Gasteiger partial charge in [-0.15, -0.1) is 0 Å². The third kappa shape index (κ3) is 1.20. The van der Waals surface area contributed by atoms with Crippen LogP contribution >= 0.6 is 15.9 Å². The van der Waals surface area contributed by atoms with Gasteiger partial charge in [0.25, 0.3) is 0 Å². The highest BCUT2D eigenvalue weighted by Crippen LogP contribution is 2.32. The molecule has 4 heteroatoms. The molecule has 0 saturated carbocycles. The van der Waals surface area contributed by atoms with E-state index < -0.39 is 0 Å². The van der Waals surface area contributed by atoms with E-state index in [1.54, 1.807) is 6.20 Å². The summed E-state index contributed by atoms with van der Waals surface area (Å²) in [5.74, 6) is 0. The fraction of sp³-hybridized carbons (Fsp3) is 0.333. The van der Waals surface area contributed by atoms with Gasteiger partial charge in [-0.05, 0) is 29.3 Å². The van der Waals surface area contributed by atoms with Crippen LogP contribution in [-0.4, -0.2) is 9.78 Å². The first kappa shape index (κ1) is 8.52. The number of nitrogens with zero attached hydrogens (tertiary/aromatic N) is 3. The van der Waals surface area contributed by atoms with Crippen molar-refractivity contribution in [2.24, 2.45) is 0 Å². The summed E-state index contributed by atoms with van der Waals surface area (Å²) in [5, 5.41) is 13.0. The first-order valence-electron chi connectivity index (χ1n) is 4.07. The van der Waals surface area contributed by atoms with Crippen LogP contribution in [0.3, 0.4) is 0 Å². The Hall–Kier alpha value is -1.08. The van der Waals surface area contributed by atoms with Crippen molar-refractivity contribution in [3.63, 3.8) is 0 Å². The van der Waals surface area contributed by atoms with Gasteiger partial charge in [-0.2, -0.15) is 10.4 Å². The molecule has 0 N–H and O–H groups in total. The monoisotopic (exact) mass is 237 g/mol. The molecule has 3 nitrogen and oxygen atoms in total. The molecular weight excluding hydrogens is 230 g/mol. The van der Waals surface area contributed by atoms with Gasteiger partial charge in [0.15, 0.2) is 0 Å². The second kappa shape index (κ2) is 3.00. The van der Waals surface area contributed by atoms with E-state index in [1.165, 1.54) is 0 Å². The lowest BCUT2D eigenvalue weighted by atomic mass is 10.1. The van der Waals surface area contributed by atoms with Crippen LogP contribution in [-0.2, 0) is 0 Å². The molecule has 0 aliphatic carbocycles. The van der Waals surface area contributed by atoms with Crippen molar-refractivity contribution in [2.45, 2.75) is 19.4 Å². The lowest BCUT2D eigenvalue weighted by Gasteiger charge is -2.18. The quantitative estimate of drug-likeness (QED) is 0.696. The van der Waals surface area contributed by atoms with Gasteiger partial charge in [0, 0.05) is 4.48 Å². The summed E-state index contributed by atoms with van der Waals surface area (Å²) in [6, 6.07) is 2.48. The lowest BCUT2D eigenvalue weighted by molar-refractivity contribution is 0.485.